The fourth-order valence-electron chi connectivity index (χ4n) is 2.85. The molecule has 0 aliphatic carbocycles. The molecule has 1 aromatic carbocycles. The number of hydrogen-bond acceptors (Lipinski definition) is 3. The van der Waals surface area contributed by atoms with Crippen LogP contribution in [0.25, 0.3) is 0 Å². The van der Waals surface area contributed by atoms with Gasteiger partial charge in [0.05, 0.1) is 6.54 Å². The first kappa shape index (κ1) is 19.2. The van der Waals surface area contributed by atoms with Gasteiger partial charge < -0.3 is 15.1 Å². The molecular formula is C18H27FN4O2. The largest absolute Gasteiger partial charge is 0.351 e. The van der Waals surface area contributed by atoms with Crippen molar-refractivity contribution in [3.63, 3.8) is 0 Å². The second kappa shape index (κ2) is 9.36. The third-order valence-corrected chi connectivity index (χ3v) is 4.45. The highest BCUT2D eigenvalue weighted by molar-refractivity contribution is 5.78. The summed E-state index contributed by atoms with van der Waals surface area (Å²) in [6, 6.07) is 6.16. The van der Waals surface area contributed by atoms with Crippen molar-refractivity contribution in [2.45, 2.75) is 20.4 Å². The molecule has 0 aromatic heterocycles. The molecule has 1 aliphatic rings. The Morgan fingerprint density at radius 2 is 1.68 bits per heavy atom. The van der Waals surface area contributed by atoms with E-state index < -0.39 is 0 Å². The van der Waals surface area contributed by atoms with Gasteiger partial charge in [-0.05, 0) is 31.5 Å². The predicted molar refractivity (Wildman–Crippen MR) is 94.6 cm³/mol. The summed E-state index contributed by atoms with van der Waals surface area (Å²) in [7, 11) is 0. The van der Waals surface area contributed by atoms with Crippen LogP contribution >= 0.6 is 0 Å². The van der Waals surface area contributed by atoms with Crippen LogP contribution in [0.5, 0.6) is 0 Å². The molecule has 0 spiro atoms. The molecule has 1 aliphatic heterocycles. The van der Waals surface area contributed by atoms with Gasteiger partial charge in [0.25, 0.3) is 0 Å². The fourth-order valence-corrected chi connectivity index (χ4v) is 2.85. The summed E-state index contributed by atoms with van der Waals surface area (Å²) >= 11 is 0. The minimum Gasteiger partial charge on any atom is -0.351 e. The number of rotatable bonds is 6. The van der Waals surface area contributed by atoms with Crippen LogP contribution in [0.1, 0.15) is 19.4 Å². The zero-order valence-electron chi connectivity index (χ0n) is 15.0. The van der Waals surface area contributed by atoms with E-state index in [1.165, 1.54) is 12.1 Å². The maximum absolute atomic E-state index is 12.9. The molecule has 0 unspecified atom stereocenters. The van der Waals surface area contributed by atoms with E-state index in [-0.39, 0.29) is 17.8 Å². The molecule has 0 atom stereocenters. The Morgan fingerprint density at radius 3 is 2.24 bits per heavy atom. The number of carbonyl (C=O) groups is 2. The van der Waals surface area contributed by atoms with E-state index in [4.69, 9.17) is 0 Å². The van der Waals surface area contributed by atoms with E-state index in [2.05, 4.69) is 5.32 Å². The summed E-state index contributed by atoms with van der Waals surface area (Å²) in [6.45, 7) is 8.73. The first-order valence-electron chi connectivity index (χ1n) is 8.80. The van der Waals surface area contributed by atoms with Crippen LogP contribution in [-0.4, -0.2) is 72.5 Å². The molecule has 25 heavy (non-hydrogen) atoms. The highest BCUT2D eigenvalue weighted by Crippen LogP contribution is 2.06. The lowest BCUT2D eigenvalue weighted by Crippen LogP contribution is -2.54. The van der Waals surface area contributed by atoms with Crippen molar-refractivity contribution in [3.05, 3.63) is 35.6 Å². The molecule has 0 radical (unpaired) electrons. The Bertz CT molecular complexity index is 567. The lowest BCUT2D eigenvalue weighted by atomic mass is 10.2. The van der Waals surface area contributed by atoms with Gasteiger partial charge in [-0.1, -0.05) is 12.1 Å². The zero-order valence-corrected chi connectivity index (χ0v) is 15.0. The third kappa shape index (κ3) is 5.70. The Morgan fingerprint density at radius 1 is 1.08 bits per heavy atom. The first-order valence-corrected chi connectivity index (χ1v) is 8.80. The monoisotopic (exact) mass is 350 g/mol. The molecule has 1 aromatic rings. The van der Waals surface area contributed by atoms with Crippen LogP contribution in [0.15, 0.2) is 24.3 Å². The van der Waals surface area contributed by atoms with Crippen molar-refractivity contribution in [1.29, 1.82) is 0 Å². The lowest BCUT2D eigenvalue weighted by Gasteiger charge is -2.36. The van der Waals surface area contributed by atoms with Gasteiger partial charge in [-0.15, -0.1) is 0 Å². The van der Waals surface area contributed by atoms with Crippen LogP contribution < -0.4 is 5.32 Å². The van der Waals surface area contributed by atoms with Crippen LogP contribution in [0.4, 0.5) is 9.18 Å². The molecule has 1 fully saturated rings. The van der Waals surface area contributed by atoms with E-state index in [0.717, 1.165) is 5.56 Å². The van der Waals surface area contributed by atoms with Gasteiger partial charge in [-0.25, -0.2) is 9.18 Å². The Balaban J connectivity index is 1.71. The third-order valence-electron chi connectivity index (χ3n) is 4.45. The van der Waals surface area contributed by atoms with Crippen molar-refractivity contribution in [2.75, 3.05) is 45.8 Å². The number of piperazine rings is 1. The molecule has 7 heteroatoms. The van der Waals surface area contributed by atoms with Crippen LogP contribution in [-0.2, 0) is 11.3 Å². The second-order valence-electron chi connectivity index (χ2n) is 6.12. The number of urea groups is 1. The summed E-state index contributed by atoms with van der Waals surface area (Å²) in [6.07, 6.45) is 0. The summed E-state index contributed by atoms with van der Waals surface area (Å²) in [5.74, 6) is -0.347. The quantitative estimate of drug-likeness (QED) is 0.846. The standard InChI is InChI=1S/C18H27FN4O2/c1-3-22(4-2)18(25)23-11-9-21(10-12-23)14-17(24)20-13-15-5-7-16(19)8-6-15/h5-8H,3-4,9-14H2,1-2H3,(H,20,24). The number of amides is 3. The van der Waals surface area contributed by atoms with Gasteiger partial charge in [0, 0.05) is 45.8 Å². The molecule has 1 saturated heterocycles. The molecule has 0 saturated carbocycles. The zero-order chi connectivity index (χ0) is 18.2. The first-order chi connectivity index (χ1) is 12.0. The number of nitrogens with zero attached hydrogens (tertiary/aromatic N) is 3. The normalized spacial score (nSPS) is 15.1. The number of halogens is 1. The van der Waals surface area contributed by atoms with E-state index in [1.807, 2.05) is 28.5 Å². The molecule has 2 rings (SSSR count). The molecule has 6 nitrogen and oxygen atoms in total. The predicted octanol–water partition coefficient (Wildman–Crippen LogP) is 1.52. The smallest absolute Gasteiger partial charge is 0.320 e. The van der Waals surface area contributed by atoms with Gasteiger partial charge in [0.1, 0.15) is 5.82 Å². The van der Waals surface area contributed by atoms with E-state index >= 15 is 0 Å². The average molecular weight is 350 g/mol. The average Bonchev–Trinajstić information content (AvgIpc) is 2.63. The Labute approximate surface area is 148 Å². The maximum Gasteiger partial charge on any atom is 0.320 e. The van der Waals surface area contributed by atoms with Gasteiger partial charge in [-0.2, -0.15) is 0 Å². The minimum atomic E-state index is -0.285. The highest BCUT2D eigenvalue weighted by Gasteiger charge is 2.24. The van der Waals surface area contributed by atoms with Crippen molar-refractivity contribution >= 4 is 11.9 Å². The Kier molecular flexibility index (Phi) is 7.18. The Hall–Kier alpha value is -2.15. The topological polar surface area (TPSA) is 55.9 Å². The lowest BCUT2D eigenvalue weighted by molar-refractivity contribution is -0.122. The summed E-state index contributed by atoms with van der Waals surface area (Å²) in [5.41, 5.74) is 0.865. The van der Waals surface area contributed by atoms with E-state index in [1.54, 1.807) is 12.1 Å². The summed E-state index contributed by atoms with van der Waals surface area (Å²) in [4.78, 5) is 30.1. The van der Waals surface area contributed by atoms with Gasteiger partial charge in [0.2, 0.25) is 5.91 Å². The molecule has 3 amide bonds. The molecule has 0 bridgehead atoms. The molecule has 1 heterocycles. The number of nitrogens with one attached hydrogen (secondary N) is 1. The molecule has 138 valence electrons. The SMILES string of the molecule is CCN(CC)C(=O)N1CCN(CC(=O)NCc2ccc(F)cc2)CC1. The van der Waals surface area contributed by atoms with E-state index in [9.17, 15) is 14.0 Å². The van der Waals surface area contributed by atoms with Crippen molar-refractivity contribution in [3.8, 4) is 0 Å². The summed E-state index contributed by atoms with van der Waals surface area (Å²) < 4.78 is 12.9. The maximum atomic E-state index is 12.9. The van der Waals surface area contributed by atoms with Gasteiger partial charge >= 0.3 is 6.03 Å². The van der Waals surface area contributed by atoms with Crippen LogP contribution in [0, 0.1) is 5.82 Å². The number of benzene rings is 1. The van der Waals surface area contributed by atoms with Gasteiger partial charge in [0.15, 0.2) is 0 Å². The van der Waals surface area contributed by atoms with Crippen LogP contribution in [0.3, 0.4) is 0 Å². The van der Waals surface area contributed by atoms with Gasteiger partial charge in [-0.3, -0.25) is 9.69 Å². The number of hydrogen-bond donors (Lipinski definition) is 1. The fraction of sp³-hybridized carbons (Fsp3) is 0.556. The van der Waals surface area contributed by atoms with Crippen molar-refractivity contribution in [1.82, 2.24) is 20.0 Å². The second-order valence-corrected chi connectivity index (χ2v) is 6.12. The highest BCUT2D eigenvalue weighted by atomic mass is 19.1. The molecular weight excluding hydrogens is 323 g/mol. The van der Waals surface area contributed by atoms with Crippen molar-refractivity contribution < 1.29 is 14.0 Å². The van der Waals surface area contributed by atoms with E-state index in [0.29, 0.717) is 52.4 Å². The molecule has 1 N–H and O–H groups in total. The van der Waals surface area contributed by atoms with Crippen LogP contribution in [0.2, 0.25) is 0 Å². The summed E-state index contributed by atoms with van der Waals surface area (Å²) in [5, 5.41) is 2.84. The number of carbonyl (C=O) groups excluding carboxylic acids is 2. The minimum absolute atomic E-state index is 0.0622. The van der Waals surface area contributed by atoms with Crippen molar-refractivity contribution in [2.24, 2.45) is 0 Å².